The lowest BCUT2D eigenvalue weighted by Gasteiger charge is -2.29. The molecule has 0 N–H and O–H groups in total. The van der Waals surface area contributed by atoms with Crippen molar-refractivity contribution in [3.63, 3.8) is 0 Å². The molecule has 0 aromatic heterocycles. The van der Waals surface area contributed by atoms with Crippen LogP contribution in [0.15, 0.2) is 35.9 Å². The zero-order valence-electron chi connectivity index (χ0n) is 18.1. The average Bonchev–Trinajstić information content (AvgIpc) is 2.96. The zero-order valence-corrected chi connectivity index (χ0v) is 19.0. The summed E-state index contributed by atoms with van der Waals surface area (Å²) in [5.41, 5.74) is 2.10. The summed E-state index contributed by atoms with van der Waals surface area (Å²) in [6.45, 7) is 11.3. The van der Waals surface area contributed by atoms with Crippen LogP contribution >= 0.6 is 0 Å². The van der Waals surface area contributed by atoms with Gasteiger partial charge in [0, 0.05) is 12.6 Å². The van der Waals surface area contributed by atoms with Gasteiger partial charge in [0.1, 0.15) is 5.75 Å². The molecule has 1 saturated heterocycles. The van der Waals surface area contributed by atoms with E-state index in [4.69, 9.17) is 4.74 Å². The van der Waals surface area contributed by atoms with Crippen LogP contribution in [0, 0.1) is 17.3 Å². The zero-order chi connectivity index (χ0) is 21.4. The Bertz CT molecular complexity index is 882. The lowest BCUT2D eigenvalue weighted by atomic mass is 10.1. The third-order valence-electron chi connectivity index (χ3n) is 6.21. The molecular formula is C23H33NO4S. The Balaban J connectivity index is 1.84. The Morgan fingerprint density at radius 1 is 1.24 bits per heavy atom. The number of carbonyl (C=O) groups is 1. The molecule has 0 bridgehead atoms. The predicted molar refractivity (Wildman–Crippen MR) is 115 cm³/mol. The van der Waals surface area contributed by atoms with Crippen LogP contribution in [-0.2, 0) is 21.2 Å². The molecule has 1 aromatic rings. The Morgan fingerprint density at radius 3 is 2.41 bits per heavy atom. The van der Waals surface area contributed by atoms with Crippen molar-refractivity contribution < 1.29 is 17.9 Å². The van der Waals surface area contributed by atoms with Crippen LogP contribution in [0.25, 0.3) is 0 Å². The van der Waals surface area contributed by atoms with Gasteiger partial charge in [-0.1, -0.05) is 37.6 Å². The Kier molecular flexibility index (Phi) is 6.13. The maximum absolute atomic E-state index is 13.6. The maximum atomic E-state index is 13.6. The molecule has 1 aromatic carbocycles. The van der Waals surface area contributed by atoms with E-state index >= 15 is 0 Å². The summed E-state index contributed by atoms with van der Waals surface area (Å²) in [5.74, 6) is 1.22. The number of amides is 1. The molecule has 3 atom stereocenters. The summed E-state index contributed by atoms with van der Waals surface area (Å²) >= 11 is 0. The second kappa shape index (κ2) is 8.13. The SMILES string of the molecule is CCOc1ccc(CN(C(=O)[C@@H]2[C@@H](C=C(C)C)C2(C)C)[C@@H]2CCS(=O)(=O)C2)cc1. The molecular weight excluding hydrogens is 386 g/mol. The van der Waals surface area contributed by atoms with Gasteiger partial charge in [-0.15, -0.1) is 0 Å². The van der Waals surface area contributed by atoms with Crippen molar-refractivity contribution in [3.05, 3.63) is 41.5 Å². The van der Waals surface area contributed by atoms with Crippen LogP contribution in [0.3, 0.4) is 0 Å². The number of allylic oxidation sites excluding steroid dienone is 2. The van der Waals surface area contributed by atoms with E-state index < -0.39 is 9.84 Å². The molecule has 6 heteroatoms. The topological polar surface area (TPSA) is 63.7 Å². The molecule has 1 saturated carbocycles. The van der Waals surface area contributed by atoms with E-state index in [9.17, 15) is 13.2 Å². The van der Waals surface area contributed by atoms with E-state index in [1.54, 1.807) is 0 Å². The first kappa shape index (κ1) is 21.9. The third-order valence-corrected chi connectivity index (χ3v) is 7.96. The van der Waals surface area contributed by atoms with E-state index in [2.05, 4.69) is 33.8 Å². The van der Waals surface area contributed by atoms with Crippen LogP contribution in [0.5, 0.6) is 5.75 Å². The van der Waals surface area contributed by atoms with Crippen LogP contribution < -0.4 is 4.74 Å². The number of nitrogens with zero attached hydrogens (tertiary/aromatic N) is 1. The average molecular weight is 420 g/mol. The van der Waals surface area contributed by atoms with E-state index in [0.717, 1.165) is 11.3 Å². The molecule has 29 heavy (non-hydrogen) atoms. The first-order chi connectivity index (χ1) is 13.5. The second-order valence-electron chi connectivity index (χ2n) is 9.17. The van der Waals surface area contributed by atoms with Gasteiger partial charge in [0.2, 0.25) is 5.91 Å². The molecule has 5 nitrogen and oxygen atoms in total. The molecule has 1 amide bonds. The van der Waals surface area contributed by atoms with Gasteiger partial charge in [-0.2, -0.15) is 0 Å². The second-order valence-corrected chi connectivity index (χ2v) is 11.4. The highest BCUT2D eigenvalue weighted by Gasteiger charge is 2.61. The molecule has 2 aliphatic rings. The number of benzene rings is 1. The number of carbonyl (C=O) groups excluding carboxylic acids is 1. The molecule has 0 spiro atoms. The normalized spacial score (nSPS) is 26.6. The Labute approximate surface area is 175 Å². The highest BCUT2D eigenvalue weighted by Crippen LogP contribution is 2.60. The van der Waals surface area contributed by atoms with Gasteiger partial charge in [-0.05, 0) is 56.2 Å². The standard InChI is InChI=1S/C23H33NO4S/c1-6-28-19-9-7-17(8-10-19)14-24(18-11-12-29(26,27)15-18)22(25)21-20(13-16(2)3)23(21,4)5/h7-10,13,18,20-21H,6,11-12,14-15H2,1-5H3/t18-,20-,21+/m1/s1. The van der Waals surface area contributed by atoms with Crippen LogP contribution in [0.1, 0.15) is 46.6 Å². The number of rotatable bonds is 7. The highest BCUT2D eigenvalue weighted by molar-refractivity contribution is 7.91. The molecule has 160 valence electrons. The smallest absolute Gasteiger partial charge is 0.227 e. The van der Waals surface area contributed by atoms with Gasteiger partial charge in [0.25, 0.3) is 0 Å². The van der Waals surface area contributed by atoms with E-state index in [0.29, 0.717) is 19.6 Å². The molecule has 1 aliphatic carbocycles. The largest absolute Gasteiger partial charge is 0.494 e. The number of sulfone groups is 1. The molecule has 0 radical (unpaired) electrons. The first-order valence-electron chi connectivity index (χ1n) is 10.4. The van der Waals surface area contributed by atoms with Gasteiger partial charge < -0.3 is 9.64 Å². The van der Waals surface area contributed by atoms with Crippen molar-refractivity contribution in [2.45, 2.75) is 53.6 Å². The molecule has 3 rings (SSSR count). The summed E-state index contributed by atoms with van der Waals surface area (Å²) in [6, 6.07) is 7.48. The summed E-state index contributed by atoms with van der Waals surface area (Å²) in [4.78, 5) is 15.4. The summed E-state index contributed by atoms with van der Waals surface area (Å²) in [6.07, 6.45) is 2.70. The minimum absolute atomic E-state index is 0.0657. The lowest BCUT2D eigenvalue weighted by molar-refractivity contribution is -0.136. The molecule has 0 unspecified atom stereocenters. The van der Waals surface area contributed by atoms with E-state index in [1.165, 1.54) is 5.57 Å². The number of hydrogen-bond donors (Lipinski definition) is 0. The minimum atomic E-state index is -3.07. The highest BCUT2D eigenvalue weighted by atomic mass is 32.2. The van der Waals surface area contributed by atoms with Crippen molar-refractivity contribution in [1.82, 2.24) is 4.90 Å². The van der Waals surface area contributed by atoms with Crippen LogP contribution in [-0.4, -0.2) is 43.4 Å². The van der Waals surface area contributed by atoms with E-state index in [-0.39, 0.29) is 40.7 Å². The molecule has 1 heterocycles. The van der Waals surface area contributed by atoms with Gasteiger partial charge in [-0.25, -0.2) is 8.42 Å². The quantitative estimate of drug-likeness (QED) is 0.630. The minimum Gasteiger partial charge on any atom is -0.494 e. The molecule has 2 fully saturated rings. The van der Waals surface area contributed by atoms with Gasteiger partial charge in [0.05, 0.1) is 24.0 Å². The van der Waals surface area contributed by atoms with Crippen LogP contribution in [0.4, 0.5) is 0 Å². The lowest BCUT2D eigenvalue weighted by Crippen LogP contribution is -2.42. The van der Waals surface area contributed by atoms with Crippen molar-refractivity contribution in [1.29, 1.82) is 0 Å². The summed E-state index contributed by atoms with van der Waals surface area (Å²) in [5, 5.41) is 0. The molecule has 1 aliphatic heterocycles. The van der Waals surface area contributed by atoms with Crippen molar-refractivity contribution in [3.8, 4) is 5.75 Å². The van der Waals surface area contributed by atoms with Crippen molar-refractivity contribution >= 4 is 15.7 Å². The maximum Gasteiger partial charge on any atom is 0.227 e. The predicted octanol–water partition coefficient (Wildman–Crippen LogP) is 3.84. The number of ether oxygens (including phenoxy) is 1. The fraction of sp³-hybridized carbons (Fsp3) is 0.609. The first-order valence-corrected chi connectivity index (χ1v) is 12.2. The monoisotopic (exact) mass is 419 g/mol. The van der Waals surface area contributed by atoms with Crippen LogP contribution in [0.2, 0.25) is 0 Å². The summed E-state index contributed by atoms with van der Waals surface area (Å²) < 4.78 is 29.7. The van der Waals surface area contributed by atoms with Crippen molar-refractivity contribution in [2.24, 2.45) is 17.3 Å². The Hall–Kier alpha value is -1.82. The van der Waals surface area contributed by atoms with Gasteiger partial charge >= 0.3 is 0 Å². The fourth-order valence-corrected chi connectivity index (χ4v) is 6.19. The van der Waals surface area contributed by atoms with Crippen molar-refractivity contribution in [2.75, 3.05) is 18.1 Å². The Morgan fingerprint density at radius 2 is 1.90 bits per heavy atom. The number of hydrogen-bond acceptors (Lipinski definition) is 4. The van der Waals surface area contributed by atoms with Gasteiger partial charge in [-0.3, -0.25) is 4.79 Å². The fourth-order valence-electron chi connectivity index (χ4n) is 4.46. The van der Waals surface area contributed by atoms with E-state index in [1.807, 2.05) is 36.1 Å². The van der Waals surface area contributed by atoms with Gasteiger partial charge in [0.15, 0.2) is 9.84 Å². The third kappa shape index (κ3) is 4.85. The summed E-state index contributed by atoms with van der Waals surface area (Å²) in [7, 11) is -3.07.